The van der Waals surface area contributed by atoms with Crippen LogP contribution in [0.4, 0.5) is 5.69 Å². The Morgan fingerprint density at radius 3 is 2.74 bits per heavy atom. The first-order valence-corrected chi connectivity index (χ1v) is 9.01. The number of rotatable bonds is 2. The molecule has 0 aromatic heterocycles. The standard InChI is InChI=1S/C13H19BrN2O2S/c1-10(15)12-4-3-11(14)9-13(12)16-5-2-7-19(17,18)8-6-16/h3-4,9-10H,2,5-8,15H2,1H3. The van der Waals surface area contributed by atoms with Gasteiger partial charge in [0.1, 0.15) is 0 Å². The summed E-state index contributed by atoms with van der Waals surface area (Å²) < 4.78 is 24.3. The van der Waals surface area contributed by atoms with E-state index < -0.39 is 9.84 Å². The van der Waals surface area contributed by atoms with Crippen LogP contribution in [0.1, 0.15) is 24.9 Å². The van der Waals surface area contributed by atoms with Crippen molar-refractivity contribution >= 4 is 31.5 Å². The number of nitrogens with zero attached hydrogens (tertiary/aromatic N) is 1. The molecule has 1 aliphatic rings. The molecule has 1 atom stereocenters. The molecule has 1 aromatic carbocycles. The molecule has 1 fully saturated rings. The summed E-state index contributed by atoms with van der Waals surface area (Å²) in [6, 6.07) is 5.93. The summed E-state index contributed by atoms with van der Waals surface area (Å²) in [5.74, 6) is 0.503. The van der Waals surface area contributed by atoms with Gasteiger partial charge < -0.3 is 10.6 Å². The molecule has 0 saturated carbocycles. The molecule has 1 heterocycles. The van der Waals surface area contributed by atoms with E-state index in [0.717, 1.165) is 22.3 Å². The van der Waals surface area contributed by atoms with Gasteiger partial charge in [0.2, 0.25) is 0 Å². The lowest BCUT2D eigenvalue weighted by molar-refractivity contribution is 0.597. The van der Waals surface area contributed by atoms with E-state index in [2.05, 4.69) is 20.8 Å². The predicted molar refractivity (Wildman–Crippen MR) is 82.2 cm³/mol. The lowest BCUT2D eigenvalue weighted by Crippen LogP contribution is -2.28. The molecule has 2 rings (SSSR count). The van der Waals surface area contributed by atoms with Crippen LogP contribution in [0.2, 0.25) is 0 Å². The second-order valence-electron chi connectivity index (χ2n) is 4.98. The van der Waals surface area contributed by atoms with Gasteiger partial charge in [0.25, 0.3) is 0 Å². The highest BCUT2D eigenvalue weighted by atomic mass is 79.9. The van der Waals surface area contributed by atoms with Crippen LogP contribution in [0.25, 0.3) is 0 Å². The number of hydrogen-bond acceptors (Lipinski definition) is 4. The highest BCUT2D eigenvalue weighted by Crippen LogP contribution is 2.29. The van der Waals surface area contributed by atoms with Crippen molar-refractivity contribution < 1.29 is 8.42 Å². The van der Waals surface area contributed by atoms with E-state index in [0.29, 0.717) is 13.0 Å². The average Bonchev–Trinajstić information content (AvgIpc) is 2.49. The van der Waals surface area contributed by atoms with Crippen molar-refractivity contribution in [3.05, 3.63) is 28.2 Å². The molecule has 0 amide bonds. The van der Waals surface area contributed by atoms with E-state index in [4.69, 9.17) is 5.73 Å². The number of benzene rings is 1. The molecule has 0 bridgehead atoms. The molecule has 0 radical (unpaired) electrons. The minimum atomic E-state index is -2.89. The van der Waals surface area contributed by atoms with Gasteiger partial charge in [-0.3, -0.25) is 0 Å². The SMILES string of the molecule is CC(N)c1ccc(Br)cc1N1CCCS(=O)(=O)CC1. The van der Waals surface area contributed by atoms with E-state index in [1.165, 1.54) is 0 Å². The Labute approximate surface area is 123 Å². The molecule has 4 nitrogen and oxygen atoms in total. The lowest BCUT2D eigenvalue weighted by atomic mass is 10.1. The van der Waals surface area contributed by atoms with Gasteiger partial charge in [-0.2, -0.15) is 0 Å². The third-order valence-corrected chi connectivity index (χ3v) is 5.59. The Morgan fingerprint density at radius 2 is 2.05 bits per heavy atom. The molecule has 0 spiro atoms. The first-order valence-electron chi connectivity index (χ1n) is 6.39. The molecule has 2 N–H and O–H groups in total. The van der Waals surface area contributed by atoms with E-state index in [-0.39, 0.29) is 17.5 Å². The summed E-state index contributed by atoms with van der Waals surface area (Å²) in [5, 5.41) is 0. The van der Waals surface area contributed by atoms with Gasteiger partial charge in [0, 0.05) is 29.3 Å². The normalized spacial score (nSPS) is 20.9. The largest absolute Gasteiger partial charge is 0.370 e. The second-order valence-corrected chi connectivity index (χ2v) is 8.20. The average molecular weight is 347 g/mol. The van der Waals surface area contributed by atoms with Gasteiger partial charge in [-0.1, -0.05) is 22.0 Å². The molecular weight excluding hydrogens is 328 g/mol. The van der Waals surface area contributed by atoms with Gasteiger partial charge >= 0.3 is 0 Å². The van der Waals surface area contributed by atoms with Crippen LogP contribution in [0.5, 0.6) is 0 Å². The topological polar surface area (TPSA) is 63.4 Å². The van der Waals surface area contributed by atoms with E-state index in [9.17, 15) is 8.42 Å². The maximum Gasteiger partial charge on any atom is 0.152 e. The summed E-state index contributed by atoms with van der Waals surface area (Å²) in [5.41, 5.74) is 8.10. The van der Waals surface area contributed by atoms with E-state index >= 15 is 0 Å². The molecule has 1 aliphatic heterocycles. The Balaban J connectivity index is 2.33. The molecule has 6 heteroatoms. The third kappa shape index (κ3) is 3.70. The summed E-state index contributed by atoms with van der Waals surface area (Å²) in [6.45, 7) is 3.25. The summed E-state index contributed by atoms with van der Waals surface area (Å²) >= 11 is 3.47. The number of sulfone groups is 1. The number of nitrogens with two attached hydrogens (primary N) is 1. The van der Waals surface area contributed by atoms with Crippen LogP contribution in [0.15, 0.2) is 22.7 Å². The Kier molecular flexibility index (Phi) is 4.53. The van der Waals surface area contributed by atoms with Gasteiger partial charge in [-0.05, 0) is 31.0 Å². The fourth-order valence-electron chi connectivity index (χ4n) is 2.36. The van der Waals surface area contributed by atoms with Crippen molar-refractivity contribution in [1.29, 1.82) is 0 Å². The van der Waals surface area contributed by atoms with Crippen molar-refractivity contribution in [1.82, 2.24) is 0 Å². The molecule has 0 aliphatic carbocycles. The van der Waals surface area contributed by atoms with Crippen molar-refractivity contribution in [3.8, 4) is 0 Å². The van der Waals surface area contributed by atoms with Crippen molar-refractivity contribution in [2.75, 3.05) is 29.5 Å². The van der Waals surface area contributed by atoms with Crippen molar-refractivity contribution in [2.24, 2.45) is 5.73 Å². The van der Waals surface area contributed by atoms with Crippen molar-refractivity contribution in [2.45, 2.75) is 19.4 Å². The Morgan fingerprint density at radius 1 is 1.32 bits per heavy atom. The first kappa shape index (κ1) is 14.8. The third-order valence-electron chi connectivity index (χ3n) is 3.38. The lowest BCUT2D eigenvalue weighted by Gasteiger charge is -2.26. The molecule has 19 heavy (non-hydrogen) atoms. The first-order chi connectivity index (χ1) is 8.89. The van der Waals surface area contributed by atoms with Gasteiger partial charge in [-0.25, -0.2) is 8.42 Å². The summed E-state index contributed by atoms with van der Waals surface area (Å²) in [7, 11) is -2.89. The van der Waals surface area contributed by atoms with Crippen molar-refractivity contribution in [3.63, 3.8) is 0 Å². The predicted octanol–water partition coefficient (Wildman–Crippen LogP) is 2.09. The van der Waals surface area contributed by atoms with Crippen LogP contribution in [0.3, 0.4) is 0 Å². The second kappa shape index (κ2) is 5.81. The number of halogens is 1. The highest BCUT2D eigenvalue weighted by Gasteiger charge is 2.21. The Bertz CT molecular complexity index is 558. The minimum absolute atomic E-state index is 0.0667. The highest BCUT2D eigenvalue weighted by molar-refractivity contribution is 9.10. The minimum Gasteiger partial charge on any atom is -0.370 e. The van der Waals surface area contributed by atoms with E-state index in [1.54, 1.807) is 0 Å². The van der Waals surface area contributed by atoms with Gasteiger partial charge in [0.15, 0.2) is 9.84 Å². The molecular formula is C13H19BrN2O2S. The monoisotopic (exact) mass is 346 g/mol. The zero-order valence-corrected chi connectivity index (χ0v) is 13.4. The van der Waals surface area contributed by atoms with Crippen LogP contribution in [-0.4, -0.2) is 33.0 Å². The van der Waals surface area contributed by atoms with Crippen LogP contribution < -0.4 is 10.6 Å². The summed E-state index contributed by atoms with van der Waals surface area (Å²) in [6.07, 6.45) is 0.674. The van der Waals surface area contributed by atoms with Crippen LogP contribution >= 0.6 is 15.9 Å². The van der Waals surface area contributed by atoms with E-state index in [1.807, 2.05) is 25.1 Å². The molecule has 106 valence electrons. The van der Waals surface area contributed by atoms with Crippen LogP contribution in [0, 0.1) is 0 Å². The molecule has 1 aromatic rings. The maximum atomic E-state index is 11.7. The number of hydrogen-bond donors (Lipinski definition) is 1. The van der Waals surface area contributed by atoms with Crippen LogP contribution in [-0.2, 0) is 9.84 Å². The zero-order valence-electron chi connectivity index (χ0n) is 11.0. The fraction of sp³-hybridized carbons (Fsp3) is 0.538. The molecule has 1 unspecified atom stereocenters. The maximum absolute atomic E-state index is 11.7. The zero-order chi connectivity index (χ0) is 14.0. The number of anilines is 1. The fourth-order valence-corrected chi connectivity index (χ4v) is 3.98. The van der Waals surface area contributed by atoms with Gasteiger partial charge in [0.05, 0.1) is 11.5 Å². The quantitative estimate of drug-likeness (QED) is 0.890. The molecule has 1 saturated heterocycles. The smallest absolute Gasteiger partial charge is 0.152 e. The Hall–Kier alpha value is -0.590. The summed E-state index contributed by atoms with van der Waals surface area (Å²) in [4.78, 5) is 2.13. The van der Waals surface area contributed by atoms with Gasteiger partial charge in [-0.15, -0.1) is 0 Å².